The van der Waals surface area contributed by atoms with Crippen LogP contribution < -0.4 is 5.32 Å². The number of aryl methyl sites for hydroxylation is 1. The summed E-state index contributed by atoms with van der Waals surface area (Å²) in [6.07, 6.45) is 5.82. The van der Waals surface area contributed by atoms with Crippen LogP contribution in [0, 0.1) is 5.92 Å². The monoisotopic (exact) mass is 243 g/mol. The van der Waals surface area contributed by atoms with E-state index in [0.29, 0.717) is 12.0 Å². The fourth-order valence-corrected chi connectivity index (χ4v) is 2.03. The molecule has 0 aliphatic carbocycles. The minimum Gasteiger partial charge on any atom is -0.338 e. The highest BCUT2D eigenvalue weighted by Gasteiger charge is 2.11. The molecule has 0 radical (unpaired) electrons. The van der Waals surface area contributed by atoms with Crippen LogP contribution >= 0.6 is 11.6 Å². The second-order valence-corrected chi connectivity index (χ2v) is 4.86. The van der Waals surface area contributed by atoms with Gasteiger partial charge in [-0.1, -0.05) is 13.8 Å². The molecule has 1 atom stereocenters. The summed E-state index contributed by atoms with van der Waals surface area (Å²) in [4.78, 5) is 4.30. The Morgan fingerprint density at radius 1 is 1.50 bits per heavy atom. The Balaban J connectivity index is 2.30. The highest BCUT2D eigenvalue weighted by Crippen LogP contribution is 2.07. The molecule has 4 heteroatoms. The Kier molecular flexibility index (Phi) is 5.85. The van der Waals surface area contributed by atoms with Crippen molar-refractivity contribution in [3.8, 4) is 0 Å². The molecule has 0 aromatic carbocycles. The lowest BCUT2D eigenvalue weighted by Gasteiger charge is -2.21. The zero-order valence-corrected chi connectivity index (χ0v) is 11.2. The molecule has 1 heterocycles. The van der Waals surface area contributed by atoms with Gasteiger partial charge in [0.1, 0.15) is 5.82 Å². The topological polar surface area (TPSA) is 29.9 Å². The molecular formula is C12H22ClN3. The number of hydrogen-bond acceptors (Lipinski definition) is 2. The van der Waals surface area contributed by atoms with Gasteiger partial charge in [0.05, 0.1) is 0 Å². The normalized spacial score (nSPS) is 13.3. The Labute approximate surface area is 103 Å². The molecule has 0 aliphatic rings. The Hall–Kier alpha value is -0.540. The summed E-state index contributed by atoms with van der Waals surface area (Å²) >= 11 is 5.79. The Morgan fingerprint density at radius 2 is 2.25 bits per heavy atom. The first-order valence-electron chi connectivity index (χ1n) is 5.90. The van der Waals surface area contributed by atoms with Crippen LogP contribution in [0.5, 0.6) is 0 Å². The lowest BCUT2D eigenvalue weighted by atomic mass is 10.0. The maximum absolute atomic E-state index is 5.79. The maximum atomic E-state index is 5.79. The molecule has 0 bridgehead atoms. The van der Waals surface area contributed by atoms with Gasteiger partial charge in [-0.15, -0.1) is 11.6 Å². The zero-order chi connectivity index (χ0) is 12.0. The van der Waals surface area contributed by atoms with Crippen molar-refractivity contribution < 1.29 is 0 Å². The molecule has 0 fully saturated rings. The van der Waals surface area contributed by atoms with Crippen LogP contribution in [0.4, 0.5) is 0 Å². The summed E-state index contributed by atoms with van der Waals surface area (Å²) in [5, 5.41) is 3.55. The van der Waals surface area contributed by atoms with E-state index in [2.05, 4.69) is 28.7 Å². The number of hydrogen-bond donors (Lipinski definition) is 1. The predicted octanol–water partition coefficient (Wildman–Crippen LogP) is 2.21. The number of rotatable bonds is 7. The van der Waals surface area contributed by atoms with Gasteiger partial charge in [0.25, 0.3) is 0 Å². The molecule has 92 valence electrons. The van der Waals surface area contributed by atoms with Gasteiger partial charge in [-0.05, 0) is 12.3 Å². The highest BCUT2D eigenvalue weighted by atomic mass is 35.5. The molecule has 0 saturated carbocycles. The fraction of sp³-hybridized carbons (Fsp3) is 0.750. The smallest absolute Gasteiger partial charge is 0.109 e. The standard InChI is InChI=1S/C12H22ClN3/c1-10(2)11(4-6-13)14-7-5-12-15-8-9-16(12)3/h8-11,14H,4-7H2,1-3H3. The number of aromatic nitrogens is 2. The van der Waals surface area contributed by atoms with Gasteiger partial charge in [-0.25, -0.2) is 4.98 Å². The largest absolute Gasteiger partial charge is 0.338 e. The lowest BCUT2D eigenvalue weighted by molar-refractivity contribution is 0.391. The molecular weight excluding hydrogens is 222 g/mol. The molecule has 0 aliphatic heterocycles. The molecule has 3 nitrogen and oxygen atoms in total. The van der Waals surface area contributed by atoms with Gasteiger partial charge in [-0.3, -0.25) is 0 Å². The third-order valence-electron chi connectivity index (χ3n) is 2.90. The second kappa shape index (κ2) is 6.92. The van der Waals surface area contributed by atoms with Gasteiger partial charge in [0, 0.05) is 44.3 Å². The van der Waals surface area contributed by atoms with Crippen LogP contribution in [-0.2, 0) is 13.5 Å². The minimum atomic E-state index is 0.512. The van der Waals surface area contributed by atoms with Crippen LogP contribution in [-0.4, -0.2) is 28.0 Å². The van der Waals surface area contributed by atoms with Crippen molar-refractivity contribution in [2.75, 3.05) is 12.4 Å². The SMILES string of the molecule is CC(C)C(CCCl)NCCc1nccn1C. The van der Waals surface area contributed by atoms with Crippen LogP contribution in [0.2, 0.25) is 0 Å². The quantitative estimate of drug-likeness (QED) is 0.745. The van der Waals surface area contributed by atoms with Crippen molar-refractivity contribution >= 4 is 11.6 Å². The van der Waals surface area contributed by atoms with Crippen molar-refractivity contribution in [3.63, 3.8) is 0 Å². The van der Waals surface area contributed by atoms with Crippen LogP contribution in [0.25, 0.3) is 0 Å². The first-order chi connectivity index (χ1) is 7.65. The Morgan fingerprint density at radius 3 is 2.75 bits per heavy atom. The molecule has 1 unspecified atom stereocenters. The summed E-state index contributed by atoms with van der Waals surface area (Å²) in [6, 6.07) is 0.512. The van der Waals surface area contributed by atoms with Crippen molar-refractivity contribution in [1.29, 1.82) is 0 Å². The Bertz CT molecular complexity index is 296. The van der Waals surface area contributed by atoms with Crippen molar-refractivity contribution in [2.45, 2.75) is 32.7 Å². The van der Waals surface area contributed by atoms with Gasteiger partial charge < -0.3 is 9.88 Å². The van der Waals surface area contributed by atoms with E-state index >= 15 is 0 Å². The highest BCUT2D eigenvalue weighted by molar-refractivity contribution is 6.17. The minimum absolute atomic E-state index is 0.512. The fourth-order valence-electron chi connectivity index (χ4n) is 1.80. The third kappa shape index (κ3) is 4.14. The number of nitrogens with zero attached hydrogens (tertiary/aromatic N) is 2. The molecule has 0 spiro atoms. The van der Waals surface area contributed by atoms with Gasteiger partial charge in [0.2, 0.25) is 0 Å². The van der Waals surface area contributed by atoms with Crippen LogP contribution in [0.15, 0.2) is 12.4 Å². The summed E-state index contributed by atoms with van der Waals surface area (Å²) < 4.78 is 2.06. The first-order valence-corrected chi connectivity index (χ1v) is 6.44. The predicted molar refractivity (Wildman–Crippen MR) is 68.9 cm³/mol. The molecule has 1 N–H and O–H groups in total. The molecule has 1 rings (SSSR count). The van der Waals surface area contributed by atoms with E-state index < -0.39 is 0 Å². The number of halogens is 1. The third-order valence-corrected chi connectivity index (χ3v) is 3.12. The summed E-state index contributed by atoms with van der Waals surface area (Å²) in [5.74, 6) is 2.47. The zero-order valence-electron chi connectivity index (χ0n) is 10.4. The summed E-state index contributed by atoms with van der Waals surface area (Å²) in [7, 11) is 2.03. The van der Waals surface area contributed by atoms with Gasteiger partial charge >= 0.3 is 0 Å². The van der Waals surface area contributed by atoms with E-state index in [1.165, 1.54) is 0 Å². The van der Waals surface area contributed by atoms with E-state index in [4.69, 9.17) is 11.6 Å². The van der Waals surface area contributed by atoms with E-state index in [-0.39, 0.29) is 0 Å². The van der Waals surface area contributed by atoms with E-state index in [0.717, 1.165) is 31.1 Å². The summed E-state index contributed by atoms with van der Waals surface area (Å²) in [5.41, 5.74) is 0. The second-order valence-electron chi connectivity index (χ2n) is 4.49. The van der Waals surface area contributed by atoms with E-state index in [1.54, 1.807) is 0 Å². The van der Waals surface area contributed by atoms with Gasteiger partial charge in [0.15, 0.2) is 0 Å². The summed E-state index contributed by atoms with van der Waals surface area (Å²) in [6.45, 7) is 5.42. The molecule has 1 aromatic heterocycles. The maximum Gasteiger partial charge on any atom is 0.109 e. The molecule has 1 aromatic rings. The van der Waals surface area contributed by atoms with Crippen molar-refractivity contribution in [1.82, 2.24) is 14.9 Å². The van der Waals surface area contributed by atoms with Gasteiger partial charge in [-0.2, -0.15) is 0 Å². The number of alkyl halides is 1. The average Bonchev–Trinajstić information content (AvgIpc) is 2.63. The van der Waals surface area contributed by atoms with Crippen molar-refractivity contribution in [3.05, 3.63) is 18.2 Å². The lowest BCUT2D eigenvalue weighted by Crippen LogP contribution is -2.35. The first kappa shape index (κ1) is 13.5. The van der Waals surface area contributed by atoms with E-state index in [9.17, 15) is 0 Å². The molecule has 0 saturated heterocycles. The number of imidazole rings is 1. The average molecular weight is 244 g/mol. The number of nitrogens with one attached hydrogen (secondary N) is 1. The van der Waals surface area contributed by atoms with Crippen LogP contribution in [0.1, 0.15) is 26.1 Å². The van der Waals surface area contributed by atoms with Crippen LogP contribution in [0.3, 0.4) is 0 Å². The van der Waals surface area contributed by atoms with Crippen molar-refractivity contribution in [2.24, 2.45) is 13.0 Å². The molecule has 16 heavy (non-hydrogen) atoms. The van der Waals surface area contributed by atoms with E-state index in [1.807, 2.05) is 19.4 Å². The molecule has 0 amide bonds.